The zero-order valence-corrected chi connectivity index (χ0v) is 12.1. The van der Waals surface area contributed by atoms with Gasteiger partial charge in [0, 0.05) is 31.1 Å². The van der Waals surface area contributed by atoms with Gasteiger partial charge in [0.05, 0.1) is 6.10 Å². The Morgan fingerprint density at radius 2 is 2.20 bits per heavy atom. The van der Waals surface area contributed by atoms with Gasteiger partial charge in [0.1, 0.15) is 5.75 Å². The molecule has 20 heavy (non-hydrogen) atoms. The average molecular weight is 274 g/mol. The minimum Gasteiger partial charge on any atom is -0.491 e. The number of carbonyl (C=O) groups is 1. The van der Waals surface area contributed by atoms with Gasteiger partial charge in [-0.3, -0.25) is 4.79 Å². The Bertz CT molecular complexity index is 515. The topological polar surface area (TPSA) is 50.4 Å². The molecule has 2 aliphatic rings. The molecule has 1 aromatic carbocycles. The van der Waals surface area contributed by atoms with E-state index in [1.165, 1.54) is 0 Å². The highest BCUT2D eigenvalue weighted by atomic mass is 16.5. The van der Waals surface area contributed by atoms with Gasteiger partial charge in [0.25, 0.3) is 5.91 Å². The summed E-state index contributed by atoms with van der Waals surface area (Å²) in [4.78, 5) is 12.3. The number of rotatable bonds is 3. The molecule has 0 radical (unpaired) electrons. The molecule has 1 aromatic rings. The number of amides is 1. The third-order valence-corrected chi connectivity index (χ3v) is 4.45. The van der Waals surface area contributed by atoms with Gasteiger partial charge in [-0.1, -0.05) is 13.0 Å². The molecule has 0 saturated carbocycles. The number of fused-ring (bicyclic) bond motifs is 3. The fourth-order valence-corrected chi connectivity index (χ4v) is 3.07. The molecule has 2 N–H and O–H groups in total. The summed E-state index contributed by atoms with van der Waals surface area (Å²) in [6.07, 6.45) is 1.13. The van der Waals surface area contributed by atoms with Crippen molar-refractivity contribution >= 4 is 5.91 Å². The molecule has 1 amide bonds. The lowest BCUT2D eigenvalue weighted by molar-refractivity contribution is 0.0951. The van der Waals surface area contributed by atoms with Crippen molar-refractivity contribution in [2.75, 3.05) is 19.6 Å². The lowest BCUT2D eigenvalue weighted by atomic mass is 9.87. The van der Waals surface area contributed by atoms with Crippen molar-refractivity contribution in [3.8, 4) is 5.75 Å². The first-order valence-corrected chi connectivity index (χ1v) is 7.48. The van der Waals surface area contributed by atoms with Crippen molar-refractivity contribution in [1.29, 1.82) is 0 Å². The molecule has 4 heteroatoms. The Labute approximate surface area is 119 Å². The molecular formula is C16H22N2O2. The summed E-state index contributed by atoms with van der Waals surface area (Å²) in [6, 6.07) is 5.97. The molecule has 108 valence electrons. The fourth-order valence-electron chi connectivity index (χ4n) is 3.07. The first-order chi connectivity index (χ1) is 9.69. The highest BCUT2D eigenvalue weighted by Gasteiger charge is 2.34. The van der Waals surface area contributed by atoms with Crippen LogP contribution in [0.5, 0.6) is 5.75 Å². The molecule has 1 saturated heterocycles. The van der Waals surface area contributed by atoms with E-state index in [1.807, 2.05) is 19.1 Å². The van der Waals surface area contributed by atoms with Gasteiger partial charge in [-0.05, 0) is 37.0 Å². The van der Waals surface area contributed by atoms with E-state index in [0.717, 1.165) is 42.9 Å². The normalized spacial score (nSPS) is 26.2. The van der Waals surface area contributed by atoms with E-state index in [2.05, 4.69) is 23.6 Å². The molecular weight excluding hydrogens is 252 g/mol. The highest BCUT2D eigenvalue weighted by molar-refractivity contribution is 5.96. The maximum atomic E-state index is 12.3. The first kappa shape index (κ1) is 13.4. The van der Waals surface area contributed by atoms with Crippen LogP contribution in [-0.2, 0) is 0 Å². The third-order valence-electron chi connectivity index (χ3n) is 4.45. The van der Waals surface area contributed by atoms with Crippen LogP contribution >= 0.6 is 0 Å². The average Bonchev–Trinajstić information content (AvgIpc) is 2.88. The summed E-state index contributed by atoms with van der Waals surface area (Å²) in [5.41, 5.74) is 1.94. The quantitative estimate of drug-likeness (QED) is 0.885. The number of nitrogens with one attached hydrogen (secondary N) is 2. The minimum absolute atomic E-state index is 0.0315. The zero-order chi connectivity index (χ0) is 14.1. The molecule has 1 fully saturated rings. The monoisotopic (exact) mass is 274 g/mol. The molecule has 2 aliphatic heterocycles. The Morgan fingerprint density at radius 1 is 1.35 bits per heavy atom. The summed E-state index contributed by atoms with van der Waals surface area (Å²) in [7, 11) is 0. The van der Waals surface area contributed by atoms with Crippen molar-refractivity contribution in [2.45, 2.75) is 32.3 Å². The molecule has 3 rings (SSSR count). The summed E-state index contributed by atoms with van der Waals surface area (Å²) >= 11 is 0. The Balaban J connectivity index is 1.94. The molecule has 3 atom stereocenters. The molecule has 0 bridgehead atoms. The Morgan fingerprint density at radius 3 is 3.00 bits per heavy atom. The van der Waals surface area contributed by atoms with Crippen LogP contribution in [0.3, 0.4) is 0 Å². The molecule has 4 nitrogen and oxygen atoms in total. The van der Waals surface area contributed by atoms with Crippen molar-refractivity contribution in [2.24, 2.45) is 5.92 Å². The van der Waals surface area contributed by atoms with Gasteiger partial charge in [-0.25, -0.2) is 0 Å². The second-order valence-corrected chi connectivity index (χ2v) is 5.82. The largest absolute Gasteiger partial charge is 0.491 e. The summed E-state index contributed by atoms with van der Waals surface area (Å²) in [5.74, 6) is 1.75. The molecule has 0 aliphatic carbocycles. The van der Waals surface area contributed by atoms with Crippen LogP contribution in [0.15, 0.2) is 18.2 Å². The van der Waals surface area contributed by atoms with E-state index in [9.17, 15) is 4.79 Å². The third kappa shape index (κ3) is 2.40. The minimum atomic E-state index is 0.0315. The van der Waals surface area contributed by atoms with Crippen LogP contribution in [0.2, 0.25) is 0 Å². The molecule has 1 unspecified atom stereocenters. The second kappa shape index (κ2) is 5.44. The predicted molar refractivity (Wildman–Crippen MR) is 78.3 cm³/mol. The van der Waals surface area contributed by atoms with Crippen LogP contribution in [0.1, 0.15) is 42.1 Å². The van der Waals surface area contributed by atoms with Crippen LogP contribution in [0.25, 0.3) is 0 Å². The van der Waals surface area contributed by atoms with Crippen molar-refractivity contribution in [1.82, 2.24) is 10.6 Å². The Kier molecular flexibility index (Phi) is 3.66. The molecule has 0 aromatic heterocycles. The lowest BCUT2D eigenvalue weighted by Crippen LogP contribution is -2.28. The highest BCUT2D eigenvalue weighted by Crippen LogP contribution is 2.34. The number of benzene rings is 1. The second-order valence-electron chi connectivity index (χ2n) is 5.82. The van der Waals surface area contributed by atoms with E-state index in [4.69, 9.17) is 4.74 Å². The summed E-state index contributed by atoms with van der Waals surface area (Å²) in [5, 5.41) is 6.45. The van der Waals surface area contributed by atoms with Crippen molar-refractivity contribution < 1.29 is 9.53 Å². The number of hydrogen-bond donors (Lipinski definition) is 2. The maximum absolute atomic E-state index is 12.3. The van der Waals surface area contributed by atoms with E-state index in [-0.39, 0.29) is 12.0 Å². The number of ether oxygens (including phenoxy) is 1. The van der Waals surface area contributed by atoms with Crippen LogP contribution in [0.4, 0.5) is 0 Å². The summed E-state index contributed by atoms with van der Waals surface area (Å²) in [6.45, 7) is 6.83. The van der Waals surface area contributed by atoms with Gasteiger partial charge < -0.3 is 15.4 Å². The van der Waals surface area contributed by atoms with Crippen LogP contribution in [-0.4, -0.2) is 31.6 Å². The van der Waals surface area contributed by atoms with Gasteiger partial charge in [-0.2, -0.15) is 0 Å². The van der Waals surface area contributed by atoms with Crippen LogP contribution < -0.4 is 15.4 Å². The summed E-state index contributed by atoms with van der Waals surface area (Å²) < 4.78 is 5.83. The first-order valence-electron chi connectivity index (χ1n) is 7.48. The van der Waals surface area contributed by atoms with E-state index in [0.29, 0.717) is 11.8 Å². The van der Waals surface area contributed by atoms with E-state index < -0.39 is 0 Å². The Hall–Kier alpha value is -1.55. The van der Waals surface area contributed by atoms with Crippen LogP contribution in [0, 0.1) is 5.92 Å². The predicted octanol–water partition coefficient (Wildman–Crippen LogP) is 1.91. The van der Waals surface area contributed by atoms with Crippen molar-refractivity contribution in [3.63, 3.8) is 0 Å². The lowest BCUT2D eigenvalue weighted by Gasteiger charge is -2.18. The maximum Gasteiger partial charge on any atom is 0.251 e. The van der Waals surface area contributed by atoms with Crippen molar-refractivity contribution in [3.05, 3.63) is 29.3 Å². The smallest absolute Gasteiger partial charge is 0.251 e. The van der Waals surface area contributed by atoms with Gasteiger partial charge in [-0.15, -0.1) is 0 Å². The van der Waals surface area contributed by atoms with Gasteiger partial charge in [0.15, 0.2) is 0 Å². The van der Waals surface area contributed by atoms with E-state index >= 15 is 0 Å². The SMILES string of the molecule is CCC(C)Oc1ccc2c(c1)C(=O)NC[C@@H]1CNC[C@@H]21. The van der Waals surface area contributed by atoms with Gasteiger partial charge in [0.2, 0.25) is 0 Å². The number of hydrogen-bond acceptors (Lipinski definition) is 3. The standard InChI is InChI=1S/C16H22N2O2/c1-3-10(2)20-12-4-5-13-14(6-12)16(19)18-8-11-7-17-9-15(11)13/h4-6,10-11,15,17H,3,7-9H2,1-2H3,(H,18,19)/t10?,11-,15+/m0/s1. The molecule has 0 spiro atoms. The molecule has 2 heterocycles. The van der Waals surface area contributed by atoms with Gasteiger partial charge >= 0.3 is 0 Å². The fraction of sp³-hybridized carbons (Fsp3) is 0.562. The van der Waals surface area contributed by atoms with E-state index in [1.54, 1.807) is 0 Å². The number of carbonyl (C=O) groups excluding carboxylic acids is 1. The zero-order valence-electron chi connectivity index (χ0n) is 12.1.